The van der Waals surface area contributed by atoms with E-state index in [0.717, 1.165) is 23.4 Å². The number of hydrogen-bond donors (Lipinski definition) is 1. The van der Waals surface area contributed by atoms with Crippen molar-refractivity contribution >= 4 is 23.0 Å². The number of nitrogens with one attached hydrogen (secondary N) is 1. The zero-order valence-electron chi connectivity index (χ0n) is 19.0. The van der Waals surface area contributed by atoms with Gasteiger partial charge in [-0.3, -0.25) is 14.9 Å². The molecule has 0 radical (unpaired) electrons. The summed E-state index contributed by atoms with van der Waals surface area (Å²) in [4.78, 5) is 28.6. The Kier molecular flexibility index (Phi) is 6.50. The number of carbonyl (C=O) groups is 1. The first-order valence-electron chi connectivity index (χ1n) is 11.4. The summed E-state index contributed by atoms with van der Waals surface area (Å²) >= 11 is 0. The summed E-state index contributed by atoms with van der Waals surface area (Å²) in [7, 11) is 0. The highest BCUT2D eigenvalue weighted by atomic mass is 16.6. The maximum absolute atomic E-state index is 13.3. The van der Waals surface area contributed by atoms with E-state index in [1.165, 1.54) is 6.07 Å². The maximum Gasteiger partial charge on any atom is 0.269 e. The Morgan fingerprint density at radius 2 is 2.03 bits per heavy atom. The summed E-state index contributed by atoms with van der Waals surface area (Å²) < 4.78 is 0. The molecule has 0 aliphatic carbocycles. The second-order valence-corrected chi connectivity index (χ2v) is 9.19. The summed E-state index contributed by atoms with van der Waals surface area (Å²) in [6.07, 6.45) is 1.36. The van der Waals surface area contributed by atoms with Crippen LogP contribution in [0.2, 0.25) is 0 Å². The molecule has 8 heteroatoms. The molecule has 2 aromatic carbocycles. The van der Waals surface area contributed by atoms with Crippen LogP contribution in [0, 0.1) is 33.3 Å². The van der Waals surface area contributed by atoms with Crippen LogP contribution in [0.5, 0.6) is 0 Å². The highest BCUT2D eigenvalue weighted by Gasteiger charge is 2.42. The lowest BCUT2D eigenvalue weighted by Crippen LogP contribution is -2.61. The van der Waals surface area contributed by atoms with E-state index in [1.54, 1.807) is 6.07 Å². The number of piperazine rings is 1. The van der Waals surface area contributed by atoms with Crippen molar-refractivity contribution in [3.8, 4) is 6.07 Å². The molecule has 33 heavy (non-hydrogen) atoms. The molecule has 4 rings (SSSR count). The molecule has 0 bridgehead atoms. The molecule has 2 atom stereocenters. The van der Waals surface area contributed by atoms with Crippen molar-refractivity contribution in [2.24, 2.45) is 11.8 Å². The average molecular weight is 448 g/mol. The molecule has 0 saturated carbocycles. The summed E-state index contributed by atoms with van der Waals surface area (Å²) in [5.74, 6) is 0.145. The average Bonchev–Trinajstić information content (AvgIpc) is 2.82. The van der Waals surface area contributed by atoms with Gasteiger partial charge in [0.05, 0.1) is 28.1 Å². The van der Waals surface area contributed by atoms with Crippen LogP contribution in [-0.2, 0) is 11.2 Å². The molecule has 0 unspecified atom stereocenters. The number of non-ortho nitro benzene ring substituents is 1. The zero-order chi connectivity index (χ0) is 23.5. The fraction of sp³-hybridized carbons (Fsp3) is 0.440. The number of anilines is 2. The van der Waals surface area contributed by atoms with Crippen LogP contribution in [0.25, 0.3) is 0 Å². The van der Waals surface area contributed by atoms with Gasteiger partial charge < -0.3 is 15.1 Å². The topological polar surface area (TPSA) is 103 Å². The van der Waals surface area contributed by atoms with E-state index in [2.05, 4.69) is 35.0 Å². The fourth-order valence-corrected chi connectivity index (χ4v) is 4.90. The Morgan fingerprint density at radius 3 is 2.76 bits per heavy atom. The second kappa shape index (κ2) is 9.49. The van der Waals surface area contributed by atoms with Gasteiger partial charge in [-0.05, 0) is 42.5 Å². The minimum Gasteiger partial charge on any atom is -0.367 e. The van der Waals surface area contributed by atoms with E-state index in [4.69, 9.17) is 0 Å². The largest absolute Gasteiger partial charge is 0.367 e. The lowest BCUT2D eigenvalue weighted by Gasteiger charge is -2.49. The Morgan fingerprint density at radius 1 is 1.24 bits per heavy atom. The molecule has 1 N–H and O–H groups in total. The number of nitriles is 1. The van der Waals surface area contributed by atoms with Crippen LogP contribution in [-0.4, -0.2) is 43.1 Å². The van der Waals surface area contributed by atoms with Gasteiger partial charge in [-0.2, -0.15) is 5.26 Å². The standard InChI is InChI=1S/C25H29N5O3/c1-17(2)9-10-27-25(31)21-14-19-13-20(30(32)33)7-8-23(19)29-12-11-28(16-24(21)29)22-6-4-3-5-18(22)15-26/h3-8,13,17,21,24H,9-12,14,16H2,1-2H3,(H,27,31)/t21-,24-/m1/s1. The maximum atomic E-state index is 13.3. The number of para-hydroxylation sites is 1. The molecule has 0 spiro atoms. The monoisotopic (exact) mass is 447 g/mol. The molecule has 2 aliphatic heterocycles. The molecule has 2 aliphatic rings. The van der Waals surface area contributed by atoms with Gasteiger partial charge >= 0.3 is 0 Å². The molecule has 172 valence electrons. The molecule has 1 amide bonds. The Balaban J connectivity index is 1.65. The van der Waals surface area contributed by atoms with Crippen molar-refractivity contribution in [3.05, 3.63) is 63.7 Å². The van der Waals surface area contributed by atoms with Crippen molar-refractivity contribution in [1.82, 2.24) is 5.32 Å². The van der Waals surface area contributed by atoms with Crippen LogP contribution in [0.15, 0.2) is 42.5 Å². The number of nitrogens with zero attached hydrogens (tertiary/aromatic N) is 4. The molecular weight excluding hydrogens is 418 g/mol. The number of nitro benzene ring substituents is 1. The number of benzene rings is 2. The number of fused-ring (bicyclic) bond motifs is 3. The first-order valence-corrected chi connectivity index (χ1v) is 11.4. The van der Waals surface area contributed by atoms with Gasteiger partial charge in [-0.1, -0.05) is 26.0 Å². The molecule has 1 fully saturated rings. The van der Waals surface area contributed by atoms with Crippen molar-refractivity contribution in [2.45, 2.75) is 32.7 Å². The van der Waals surface area contributed by atoms with E-state index in [9.17, 15) is 20.2 Å². The van der Waals surface area contributed by atoms with E-state index in [1.807, 2.05) is 30.3 Å². The van der Waals surface area contributed by atoms with Gasteiger partial charge in [0.25, 0.3) is 5.69 Å². The quantitative estimate of drug-likeness (QED) is 0.537. The fourth-order valence-electron chi connectivity index (χ4n) is 4.90. The molecular formula is C25H29N5O3. The minimum atomic E-state index is -0.388. The summed E-state index contributed by atoms with van der Waals surface area (Å²) in [5, 5.41) is 24.0. The third-order valence-electron chi connectivity index (χ3n) is 6.63. The minimum absolute atomic E-state index is 0.0155. The third kappa shape index (κ3) is 4.63. The lowest BCUT2D eigenvalue weighted by molar-refractivity contribution is -0.384. The van der Waals surface area contributed by atoms with Crippen molar-refractivity contribution in [3.63, 3.8) is 0 Å². The van der Waals surface area contributed by atoms with Crippen LogP contribution < -0.4 is 15.1 Å². The molecule has 0 aromatic heterocycles. The highest BCUT2D eigenvalue weighted by molar-refractivity contribution is 5.82. The normalized spacial score (nSPS) is 19.5. The third-order valence-corrected chi connectivity index (χ3v) is 6.63. The first-order chi connectivity index (χ1) is 15.9. The predicted molar refractivity (Wildman–Crippen MR) is 127 cm³/mol. The predicted octanol–water partition coefficient (Wildman–Crippen LogP) is 3.50. The SMILES string of the molecule is CC(C)CCNC(=O)[C@@H]1Cc2cc([N+](=O)[O-])ccc2N2CCN(c3ccccc3C#N)C[C@H]12. The van der Waals surface area contributed by atoms with E-state index < -0.39 is 0 Å². The van der Waals surface area contributed by atoms with Gasteiger partial charge in [0, 0.05) is 44.0 Å². The smallest absolute Gasteiger partial charge is 0.269 e. The van der Waals surface area contributed by atoms with Gasteiger partial charge in [-0.15, -0.1) is 0 Å². The van der Waals surface area contributed by atoms with E-state index in [0.29, 0.717) is 44.1 Å². The highest BCUT2D eigenvalue weighted by Crippen LogP contribution is 2.39. The van der Waals surface area contributed by atoms with Crippen molar-refractivity contribution in [2.75, 3.05) is 36.0 Å². The van der Waals surface area contributed by atoms with Crippen LogP contribution in [0.3, 0.4) is 0 Å². The number of hydrogen-bond acceptors (Lipinski definition) is 6. The van der Waals surface area contributed by atoms with Crippen LogP contribution in [0.4, 0.5) is 17.1 Å². The summed E-state index contributed by atoms with van der Waals surface area (Å²) in [6, 6.07) is 14.7. The van der Waals surface area contributed by atoms with E-state index in [-0.39, 0.29) is 28.5 Å². The van der Waals surface area contributed by atoms with Crippen molar-refractivity contribution < 1.29 is 9.72 Å². The Bertz CT molecular complexity index is 1090. The van der Waals surface area contributed by atoms with Crippen LogP contribution >= 0.6 is 0 Å². The van der Waals surface area contributed by atoms with Gasteiger partial charge in [-0.25, -0.2) is 0 Å². The van der Waals surface area contributed by atoms with Gasteiger partial charge in [0.1, 0.15) is 6.07 Å². The molecule has 2 aromatic rings. The second-order valence-electron chi connectivity index (χ2n) is 9.19. The number of carbonyl (C=O) groups excluding carboxylic acids is 1. The molecule has 2 heterocycles. The van der Waals surface area contributed by atoms with Gasteiger partial charge in [0.15, 0.2) is 0 Å². The molecule has 1 saturated heterocycles. The van der Waals surface area contributed by atoms with E-state index >= 15 is 0 Å². The Labute approximate surface area is 193 Å². The van der Waals surface area contributed by atoms with Gasteiger partial charge in [0.2, 0.25) is 5.91 Å². The van der Waals surface area contributed by atoms with Crippen molar-refractivity contribution in [1.29, 1.82) is 5.26 Å². The summed E-state index contributed by atoms with van der Waals surface area (Å²) in [5.41, 5.74) is 3.36. The number of amides is 1. The number of rotatable bonds is 6. The Hall–Kier alpha value is -3.60. The molecule has 8 nitrogen and oxygen atoms in total. The first kappa shape index (κ1) is 22.6. The zero-order valence-corrected chi connectivity index (χ0v) is 19.0. The number of nitro groups is 1. The lowest BCUT2D eigenvalue weighted by atomic mass is 9.83. The summed E-state index contributed by atoms with van der Waals surface area (Å²) in [6.45, 7) is 6.84. The van der Waals surface area contributed by atoms with Crippen LogP contribution in [0.1, 0.15) is 31.4 Å².